The van der Waals surface area contributed by atoms with Gasteiger partial charge in [-0.2, -0.15) is 0 Å². The molecule has 2 heterocycles. The smallest absolute Gasteiger partial charge is 0.330 e. The summed E-state index contributed by atoms with van der Waals surface area (Å²) >= 11 is 0. The van der Waals surface area contributed by atoms with Gasteiger partial charge in [0.1, 0.15) is 24.4 Å². The Kier molecular flexibility index (Phi) is 6.34. The Labute approximate surface area is 184 Å². The number of ether oxygens (including phenoxy) is 2. The van der Waals surface area contributed by atoms with E-state index in [0.717, 1.165) is 11.1 Å². The van der Waals surface area contributed by atoms with E-state index in [-0.39, 0.29) is 13.0 Å². The lowest BCUT2D eigenvalue weighted by Gasteiger charge is -2.22. The van der Waals surface area contributed by atoms with Crippen molar-refractivity contribution in [2.24, 2.45) is 0 Å². The number of H-pyrrole nitrogens is 1. The first-order valence-corrected chi connectivity index (χ1v) is 10.4. The number of hydrogen-bond acceptors (Lipinski definition) is 6. The number of aliphatic hydroxyl groups excluding tert-OH is 1. The number of aromatic amines is 1. The van der Waals surface area contributed by atoms with Gasteiger partial charge >= 0.3 is 11.7 Å². The van der Waals surface area contributed by atoms with E-state index in [9.17, 15) is 19.5 Å². The molecule has 2 aromatic carbocycles. The zero-order valence-electron chi connectivity index (χ0n) is 17.5. The molecule has 1 fully saturated rings. The van der Waals surface area contributed by atoms with E-state index in [4.69, 9.17) is 9.47 Å². The third-order valence-electron chi connectivity index (χ3n) is 5.59. The fourth-order valence-corrected chi connectivity index (χ4v) is 3.93. The molecule has 3 aromatic rings. The SMILES string of the molecule is Cc1cn([C@H]2CC(OC(=O)C(c3ccccc3)c3ccccc3)[C@@H](CO)O2)c(=O)[nH]c1=O. The number of carbonyl (C=O) groups excluding carboxylic acids is 1. The molecule has 1 unspecified atom stereocenters. The summed E-state index contributed by atoms with van der Waals surface area (Å²) in [6.07, 6.45) is -0.762. The minimum absolute atomic E-state index is 0.165. The van der Waals surface area contributed by atoms with Crippen molar-refractivity contribution in [1.82, 2.24) is 9.55 Å². The Morgan fingerprint density at radius 3 is 2.28 bits per heavy atom. The Balaban J connectivity index is 1.59. The van der Waals surface area contributed by atoms with Crippen LogP contribution in [0.3, 0.4) is 0 Å². The van der Waals surface area contributed by atoms with E-state index in [2.05, 4.69) is 4.98 Å². The number of hydrogen-bond donors (Lipinski definition) is 2. The summed E-state index contributed by atoms with van der Waals surface area (Å²) in [4.78, 5) is 39.4. The first-order valence-electron chi connectivity index (χ1n) is 10.4. The molecule has 1 aliphatic rings. The van der Waals surface area contributed by atoms with Gasteiger partial charge in [-0.05, 0) is 18.1 Å². The van der Waals surface area contributed by atoms with E-state index in [1.54, 1.807) is 6.92 Å². The lowest BCUT2D eigenvalue weighted by molar-refractivity contribution is -0.153. The van der Waals surface area contributed by atoms with Crippen LogP contribution in [0.1, 0.15) is 35.3 Å². The van der Waals surface area contributed by atoms with Crippen LogP contribution >= 0.6 is 0 Å². The first-order chi connectivity index (χ1) is 15.5. The van der Waals surface area contributed by atoms with Gasteiger partial charge in [-0.3, -0.25) is 19.1 Å². The van der Waals surface area contributed by atoms with Crippen molar-refractivity contribution < 1.29 is 19.4 Å². The third kappa shape index (κ3) is 4.42. The summed E-state index contributed by atoms with van der Waals surface area (Å²) in [5.41, 5.74) is 0.821. The van der Waals surface area contributed by atoms with Crippen LogP contribution in [0.4, 0.5) is 0 Å². The molecule has 166 valence electrons. The van der Waals surface area contributed by atoms with Crippen molar-refractivity contribution >= 4 is 5.97 Å². The number of carbonyl (C=O) groups is 1. The number of nitrogens with zero attached hydrogens (tertiary/aromatic N) is 1. The molecule has 0 bridgehead atoms. The number of benzene rings is 2. The highest BCUT2D eigenvalue weighted by atomic mass is 16.6. The number of rotatable bonds is 6. The molecule has 0 spiro atoms. The van der Waals surface area contributed by atoms with Gasteiger partial charge in [-0.15, -0.1) is 0 Å². The van der Waals surface area contributed by atoms with Crippen molar-refractivity contribution in [3.05, 3.63) is 104 Å². The van der Waals surface area contributed by atoms with Crippen LogP contribution in [0.25, 0.3) is 0 Å². The van der Waals surface area contributed by atoms with Gasteiger partial charge in [0.25, 0.3) is 5.56 Å². The van der Waals surface area contributed by atoms with Crippen LogP contribution in [-0.2, 0) is 14.3 Å². The second-order valence-electron chi connectivity index (χ2n) is 7.76. The fraction of sp³-hybridized carbons (Fsp3) is 0.292. The summed E-state index contributed by atoms with van der Waals surface area (Å²) in [6, 6.07) is 18.6. The second kappa shape index (κ2) is 9.33. The Morgan fingerprint density at radius 1 is 1.12 bits per heavy atom. The van der Waals surface area contributed by atoms with Crippen LogP contribution in [-0.4, -0.2) is 39.4 Å². The van der Waals surface area contributed by atoms with E-state index in [1.807, 2.05) is 60.7 Å². The Morgan fingerprint density at radius 2 is 1.72 bits per heavy atom. The molecular formula is C24H24N2O6. The second-order valence-corrected chi connectivity index (χ2v) is 7.76. The van der Waals surface area contributed by atoms with Crippen molar-refractivity contribution in [2.75, 3.05) is 6.61 Å². The number of aliphatic hydroxyl groups is 1. The predicted octanol–water partition coefficient (Wildman–Crippen LogP) is 1.87. The first kappa shape index (κ1) is 21.7. The van der Waals surface area contributed by atoms with Crippen LogP contribution in [0, 0.1) is 6.92 Å². The average molecular weight is 436 g/mol. The summed E-state index contributed by atoms with van der Waals surface area (Å²) in [6.45, 7) is 1.20. The van der Waals surface area contributed by atoms with E-state index in [0.29, 0.717) is 5.56 Å². The van der Waals surface area contributed by atoms with Crippen molar-refractivity contribution in [1.29, 1.82) is 0 Å². The monoisotopic (exact) mass is 436 g/mol. The van der Waals surface area contributed by atoms with Gasteiger partial charge in [0, 0.05) is 18.2 Å². The van der Waals surface area contributed by atoms with E-state index in [1.165, 1.54) is 10.8 Å². The van der Waals surface area contributed by atoms with Crippen LogP contribution in [0.2, 0.25) is 0 Å². The van der Waals surface area contributed by atoms with Gasteiger partial charge in [0.2, 0.25) is 0 Å². The molecule has 8 nitrogen and oxygen atoms in total. The predicted molar refractivity (Wildman–Crippen MR) is 116 cm³/mol. The molecule has 0 amide bonds. The zero-order valence-corrected chi connectivity index (χ0v) is 17.5. The molecule has 4 rings (SSSR count). The highest BCUT2D eigenvalue weighted by Gasteiger charge is 2.40. The summed E-state index contributed by atoms with van der Waals surface area (Å²) in [5.74, 6) is -1.12. The van der Waals surface area contributed by atoms with Gasteiger partial charge in [0.05, 0.1) is 6.61 Å². The summed E-state index contributed by atoms with van der Waals surface area (Å²) in [7, 11) is 0. The number of nitrogens with one attached hydrogen (secondary N) is 1. The highest BCUT2D eigenvalue weighted by molar-refractivity contribution is 5.82. The van der Waals surface area contributed by atoms with Gasteiger partial charge in [0.15, 0.2) is 0 Å². The molecule has 0 radical (unpaired) electrons. The lowest BCUT2D eigenvalue weighted by Crippen LogP contribution is -2.33. The Hall–Kier alpha value is -3.49. The molecule has 1 aromatic heterocycles. The third-order valence-corrected chi connectivity index (χ3v) is 5.59. The van der Waals surface area contributed by atoms with Crippen molar-refractivity contribution in [2.45, 2.75) is 37.7 Å². The maximum atomic E-state index is 13.3. The van der Waals surface area contributed by atoms with Crippen LogP contribution in [0.15, 0.2) is 76.4 Å². The zero-order chi connectivity index (χ0) is 22.7. The van der Waals surface area contributed by atoms with Crippen LogP contribution < -0.4 is 11.2 Å². The molecule has 32 heavy (non-hydrogen) atoms. The normalized spacial score (nSPS) is 20.4. The van der Waals surface area contributed by atoms with Crippen LogP contribution in [0.5, 0.6) is 0 Å². The number of aromatic nitrogens is 2. The molecule has 1 saturated heterocycles. The van der Waals surface area contributed by atoms with Gasteiger partial charge in [-0.1, -0.05) is 60.7 Å². The summed E-state index contributed by atoms with van der Waals surface area (Å²) < 4.78 is 12.9. The van der Waals surface area contributed by atoms with Gasteiger partial charge < -0.3 is 14.6 Å². The molecule has 0 aliphatic carbocycles. The average Bonchev–Trinajstić information content (AvgIpc) is 3.20. The quantitative estimate of drug-likeness (QED) is 0.571. The maximum absolute atomic E-state index is 13.3. The lowest BCUT2D eigenvalue weighted by atomic mass is 9.91. The van der Waals surface area contributed by atoms with Crippen molar-refractivity contribution in [3.8, 4) is 0 Å². The topological polar surface area (TPSA) is 111 Å². The highest BCUT2D eigenvalue weighted by Crippen LogP contribution is 2.33. The minimum atomic E-state index is -0.796. The van der Waals surface area contributed by atoms with E-state index < -0.39 is 41.6 Å². The molecule has 8 heteroatoms. The molecular weight excluding hydrogens is 412 g/mol. The van der Waals surface area contributed by atoms with Crippen molar-refractivity contribution in [3.63, 3.8) is 0 Å². The van der Waals surface area contributed by atoms with Gasteiger partial charge in [-0.25, -0.2) is 4.79 Å². The fourth-order valence-electron chi connectivity index (χ4n) is 3.93. The molecule has 1 aliphatic heterocycles. The number of aryl methyl sites for hydroxylation is 1. The molecule has 3 atom stereocenters. The molecule has 0 saturated carbocycles. The Bertz CT molecular complexity index is 1150. The number of esters is 1. The molecule has 2 N–H and O–H groups in total. The van der Waals surface area contributed by atoms with E-state index >= 15 is 0 Å². The largest absolute Gasteiger partial charge is 0.459 e. The maximum Gasteiger partial charge on any atom is 0.330 e. The summed E-state index contributed by atoms with van der Waals surface area (Å²) in [5, 5.41) is 9.79. The standard InChI is InChI=1S/C24H24N2O6/c1-15-13-26(24(30)25-22(15)28)20-12-18(19(14-27)31-20)32-23(29)21(16-8-4-2-5-9-16)17-10-6-3-7-11-17/h2-11,13,18-21,27H,12,14H2,1H3,(H,25,28,30)/t18?,19-,20-/m1/s1. The minimum Gasteiger partial charge on any atom is -0.459 e.